The number of aryl methyl sites for hydroxylation is 1. The van der Waals surface area contributed by atoms with Crippen molar-refractivity contribution in [2.75, 3.05) is 6.54 Å². The fourth-order valence-electron chi connectivity index (χ4n) is 3.29. The molecule has 5 nitrogen and oxygen atoms in total. The summed E-state index contributed by atoms with van der Waals surface area (Å²) in [6, 6.07) is 20.9. The summed E-state index contributed by atoms with van der Waals surface area (Å²) >= 11 is 6.21. The number of sulfonamides is 1. The first-order valence-corrected chi connectivity index (χ1v) is 14.1. The standard InChI is InChI=1S/C25H29ClNO4PS/c1-19-10-13-23(14-11-19)33(29,30)27-17-16-20-18-21(26)12-15-24(20)31-32(28,25(2,3)4)22-8-6-5-7-9-22/h5-15,18,27H,16-17H2,1-4H3/t32-/m1/s1. The van der Waals surface area contributed by atoms with Crippen molar-refractivity contribution in [3.8, 4) is 5.75 Å². The van der Waals surface area contributed by atoms with Gasteiger partial charge < -0.3 is 4.52 Å². The number of hydrogen-bond donors (Lipinski definition) is 1. The molecule has 8 heteroatoms. The molecule has 1 atom stereocenters. The first kappa shape index (κ1) is 25.5. The van der Waals surface area contributed by atoms with Gasteiger partial charge in [-0.1, -0.05) is 47.5 Å². The van der Waals surface area contributed by atoms with Crippen LogP contribution < -0.4 is 14.6 Å². The Bertz CT molecular complexity index is 1250. The van der Waals surface area contributed by atoms with E-state index in [1.54, 1.807) is 54.6 Å². The second-order valence-corrected chi connectivity index (χ2v) is 14.2. The maximum absolute atomic E-state index is 14.1. The summed E-state index contributed by atoms with van der Waals surface area (Å²) in [5.41, 5.74) is 1.66. The second-order valence-electron chi connectivity index (χ2n) is 8.86. The molecule has 0 aliphatic rings. The van der Waals surface area contributed by atoms with Gasteiger partial charge in [-0.25, -0.2) is 13.1 Å². The van der Waals surface area contributed by atoms with Crippen molar-refractivity contribution >= 4 is 34.3 Å². The predicted molar refractivity (Wildman–Crippen MR) is 136 cm³/mol. The van der Waals surface area contributed by atoms with E-state index in [1.165, 1.54) is 0 Å². The fourth-order valence-corrected chi connectivity index (χ4v) is 6.69. The average Bonchev–Trinajstić information content (AvgIpc) is 2.75. The highest BCUT2D eigenvalue weighted by atomic mass is 35.5. The Balaban J connectivity index is 1.84. The molecule has 0 fully saturated rings. The molecule has 3 aromatic carbocycles. The Hall–Kier alpha value is -2.11. The highest BCUT2D eigenvalue weighted by Gasteiger charge is 2.41. The smallest absolute Gasteiger partial charge is 0.282 e. The summed E-state index contributed by atoms with van der Waals surface area (Å²) in [5.74, 6) is 0.427. The van der Waals surface area contributed by atoms with E-state index in [1.807, 2.05) is 45.9 Å². The van der Waals surface area contributed by atoms with E-state index in [2.05, 4.69) is 4.72 Å². The summed E-state index contributed by atoms with van der Waals surface area (Å²) in [7, 11) is -6.97. The van der Waals surface area contributed by atoms with E-state index >= 15 is 0 Å². The Morgan fingerprint density at radius 1 is 0.970 bits per heavy atom. The van der Waals surface area contributed by atoms with Crippen molar-refractivity contribution in [3.05, 3.63) is 88.9 Å². The van der Waals surface area contributed by atoms with E-state index in [-0.39, 0.29) is 11.4 Å². The molecule has 33 heavy (non-hydrogen) atoms. The normalized spacial score (nSPS) is 14.0. The Morgan fingerprint density at radius 2 is 1.61 bits per heavy atom. The maximum atomic E-state index is 14.1. The number of nitrogens with one attached hydrogen (secondary N) is 1. The number of halogens is 1. The van der Waals surface area contributed by atoms with Crippen LogP contribution in [0.4, 0.5) is 0 Å². The van der Waals surface area contributed by atoms with Gasteiger partial charge in [0, 0.05) is 16.9 Å². The summed E-state index contributed by atoms with van der Waals surface area (Å²) in [6.07, 6.45) is 0.319. The first-order chi connectivity index (χ1) is 15.4. The van der Waals surface area contributed by atoms with Crippen LogP contribution in [0.15, 0.2) is 77.7 Å². The molecular weight excluding hydrogens is 477 g/mol. The quantitative estimate of drug-likeness (QED) is 0.384. The van der Waals surface area contributed by atoms with E-state index < -0.39 is 22.5 Å². The zero-order valence-corrected chi connectivity index (χ0v) is 21.7. The molecule has 0 radical (unpaired) electrons. The number of benzene rings is 3. The lowest BCUT2D eigenvalue weighted by Crippen LogP contribution is -2.27. The SMILES string of the molecule is Cc1ccc(S(=O)(=O)NCCc2cc(Cl)ccc2O[P@](=O)(c2ccccc2)C(C)(C)C)cc1. The van der Waals surface area contributed by atoms with Crippen LogP contribution in [0.3, 0.4) is 0 Å². The Labute approximate surface area is 201 Å². The van der Waals surface area contributed by atoms with Gasteiger partial charge in [0.15, 0.2) is 0 Å². The first-order valence-electron chi connectivity index (χ1n) is 10.6. The number of hydrogen-bond acceptors (Lipinski definition) is 4. The van der Waals surface area contributed by atoms with Gasteiger partial charge in [0.2, 0.25) is 10.0 Å². The van der Waals surface area contributed by atoms with Gasteiger partial charge in [-0.2, -0.15) is 0 Å². The van der Waals surface area contributed by atoms with Crippen LogP contribution >= 0.6 is 19.0 Å². The molecule has 0 bridgehead atoms. The molecule has 176 valence electrons. The lowest BCUT2D eigenvalue weighted by Gasteiger charge is -2.32. The van der Waals surface area contributed by atoms with Crippen molar-refractivity contribution < 1.29 is 17.5 Å². The second kappa shape index (κ2) is 10.0. The summed E-state index contributed by atoms with van der Waals surface area (Å²) < 4.78 is 48.2. The summed E-state index contributed by atoms with van der Waals surface area (Å²) in [5, 5.41) is 0.459. The van der Waals surface area contributed by atoms with Gasteiger partial charge in [-0.3, -0.25) is 4.57 Å². The van der Waals surface area contributed by atoms with Crippen molar-refractivity contribution in [1.82, 2.24) is 4.72 Å². The van der Waals surface area contributed by atoms with Crippen molar-refractivity contribution in [3.63, 3.8) is 0 Å². The largest absolute Gasteiger partial charge is 0.439 e. The maximum Gasteiger partial charge on any atom is 0.282 e. The summed E-state index contributed by atoms with van der Waals surface area (Å²) in [4.78, 5) is 0.206. The molecule has 0 saturated carbocycles. The Morgan fingerprint density at radius 3 is 2.21 bits per heavy atom. The zero-order valence-electron chi connectivity index (χ0n) is 19.2. The molecule has 0 aliphatic heterocycles. The zero-order chi connectivity index (χ0) is 24.3. The van der Waals surface area contributed by atoms with Crippen LogP contribution in [0.2, 0.25) is 5.02 Å². The molecule has 0 saturated heterocycles. The van der Waals surface area contributed by atoms with E-state index in [9.17, 15) is 13.0 Å². The third-order valence-corrected chi connectivity index (χ3v) is 10.2. The minimum Gasteiger partial charge on any atom is -0.439 e. The minimum absolute atomic E-state index is 0.137. The molecule has 3 rings (SSSR count). The third-order valence-electron chi connectivity index (χ3n) is 5.25. The molecule has 1 N–H and O–H groups in total. The van der Waals surface area contributed by atoms with Crippen molar-refractivity contribution in [2.24, 2.45) is 0 Å². The lowest BCUT2D eigenvalue weighted by molar-refractivity contribution is 0.459. The van der Waals surface area contributed by atoms with Crippen LogP contribution in [0.1, 0.15) is 31.9 Å². The summed E-state index contributed by atoms with van der Waals surface area (Å²) in [6.45, 7) is 7.68. The predicted octanol–water partition coefficient (Wildman–Crippen LogP) is 5.95. The van der Waals surface area contributed by atoms with Crippen molar-refractivity contribution in [1.29, 1.82) is 0 Å². The highest BCUT2D eigenvalue weighted by Crippen LogP contribution is 2.57. The van der Waals surface area contributed by atoms with E-state index in [4.69, 9.17) is 16.1 Å². The monoisotopic (exact) mass is 505 g/mol. The molecule has 0 unspecified atom stereocenters. The molecule has 0 aromatic heterocycles. The topological polar surface area (TPSA) is 72.5 Å². The molecule has 0 heterocycles. The molecular formula is C25H29ClNO4PS. The molecule has 0 aliphatic carbocycles. The van der Waals surface area contributed by atoms with Gasteiger partial charge in [-0.05, 0) is 82.1 Å². The van der Waals surface area contributed by atoms with Gasteiger partial charge in [0.05, 0.1) is 10.1 Å². The number of rotatable bonds is 8. The molecule has 0 amide bonds. The molecule has 0 spiro atoms. The average molecular weight is 506 g/mol. The van der Waals surface area contributed by atoms with Gasteiger partial charge in [-0.15, -0.1) is 0 Å². The van der Waals surface area contributed by atoms with Crippen LogP contribution in [-0.2, 0) is 21.0 Å². The third kappa shape index (κ3) is 6.07. The highest BCUT2D eigenvalue weighted by molar-refractivity contribution is 7.89. The lowest BCUT2D eigenvalue weighted by atomic mass is 10.1. The van der Waals surface area contributed by atoms with Gasteiger partial charge in [0.1, 0.15) is 5.75 Å². The van der Waals surface area contributed by atoms with Gasteiger partial charge in [0.25, 0.3) is 7.37 Å². The molecule has 3 aromatic rings. The van der Waals surface area contributed by atoms with Crippen LogP contribution in [0, 0.1) is 6.92 Å². The Kier molecular flexibility index (Phi) is 7.75. The minimum atomic E-state index is -3.65. The van der Waals surface area contributed by atoms with E-state index in [0.717, 1.165) is 5.56 Å². The van der Waals surface area contributed by atoms with Crippen LogP contribution in [0.25, 0.3) is 0 Å². The van der Waals surface area contributed by atoms with Crippen LogP contribution in [-0.4, -0.2) is 20.1 Å². The van der Waals surface area contributed by atoms with Crippen LogP contribution in [0.5, 0.6) is 5.75 Å². The van der Waals surface area contributed by atoms with Crippen molar-refractivity contribution in [2.45, 2.75) is 44.2 Å². The van der Waals surface area contributed by atoms with Gasteiger partial charge >= 0.3 is 0 Å². The van der Waals surface area contributed by atoms with E-state index in [0.29, 0.717) is 28.1 Å². The fraction of sp³-hybridized carbons (Fsp3) is 0.280.